The van der Waals surface area contributed by atoms with E-state index < -0.39 is 20.0 Å². The van der Waals surface area contributed by atoms with Gasteiger partial charge < -0.3 is 19.8 Å². The quantitative estimate of drug-likeness (QED) is 0.0270. The molecule has 0 spiro atoms. The molecule has 3 atom stereocenters. The first-order valence-corrected chi connectivity index (χ1v) is 20.8. The van der Waals surface area contributed by atoms with Crippen molar-refractivity contribution in [3.63, 3.8) is 0 Å². The maximum Gasteiger partial charge on any atom is 0.472 e. The average molecular weight is 722 g/mol. The summed E-state index contributed by atoms with van der Waals surface area (Å²) in [6.45, 7) is 4.60. The van der Waals surface area contributed by atoms with E-state index in [0.717, 1.165) is 57.8 Å². The third kappa shape index (κ3) is 34.4. The van der Waals surface area contributed by atoms with E-state index in [1.54, 1.807) is 6.08 Å². The Kier molecular flexibility index (Phi) is 31.5. The van der Waals surface area contributed by atoms with Crippen molar-refractivity contribution in [1.82, 2.24) is 5.32 Å². The number of phosphoric ester groups is 1. The van der Waals surface area contributed by atoms with Crippen LogP contribution in [0.15, 0.2) is 72.9 Å². The van der Waals surface area contributed by atoms with Gasteiger partial charge in [-0.15, -0.1) is 0 Å². The number of unbranched alkanes of at least 4 members (excludes halogenated alkanes) is 10. The Hall–Kier alpha value is -2.06. The van der Waals surface area contributed by atoms with Crippen LogP contribution in [-0.2, 0) is 18.4 Å². The molecule has 0 aromatic rings. The maximum absolute atomic E-state index is 12.8. The van der Waals surface area contributed by atoms with Crippen molar-refractivity contribution < 1.29 is 32.9 Å². The lowest BCUT2D eigenvalue weighted by Gasteiger charge is -2.25. The van der Waals surface area contributed by atoms with Crippen molar-refractivity contribution in [2.24, 2.45) is 0 Å². The molecule has 0 fully saturated rings. The highest BCUT2D eigenvalue weighted by Gasteiger charge is 2.27. The second kappa shape index (κ2) is 32.8. The Morgan fingerprint density at radius 3 is 1.74 bits per heavy atom. The minimum absolute atomic E-state index is 0.0469. The van der Waals surface area contributed by atoms with Crippen LogP contribution in [0.1, 0.15) is 129 Å². The summed E-state index contributed by atoms with van der Waals surface area (Å²) < 4.78 is 23.4. The van der Waals surface area contributed by atoms with Crippen LogP contribution >= 0.6 is 7.82 Å². The van der Waals surface area contributed by atoms with Gasteiger partial charge in [0.1, 0.15) is 13.2 Å². The Morgan fingerprint density at radius 1 is 0.700 bits per heavy atom. The molecule has 288 valence electrons. The van der Waals surface area contributed by atoms with Crippen LogP contribution in [0.5, 0.6) is 0 Å². The monoisotopic (exact) mass is 722 g/mol. The number of aliphatic hydroxyl groups is 1. The Morgan fingerprint density at radius 2 is 1.20 bits per heavy atom. The number of allylic oxidation sites excluding steroid dienone is 11. The second-order valence-corrected chi connectivity index (χ2v) is 15.4. The molecule has 0 aliphatic heterocycles. The summed E-state index contributed by atoms with van der Waals surface area (Å²) in [7, 11) is 1.52. The Labute approximate surface area is 306 Å². The first-order valence-electron chi connectivity index (χ1n) is 19.3. The maximum atomic E-state index is 12.8. The standard InChI is InChI=1S/C41H73N2O6P/c1-6-8-10-12-14-16-18-19-20-21-22-23-25-27-29-31-33-35-41(45)42-39(38-49-50(46,47)48-37-36-43(3,4)5)40(44)34-32-30-28-26-24-17-15-13-11-9-7-2/h8,10,14,16,19-20,22-23,27,29,32,34,39-40,44H,6-7,9,11-13,15,17-18,21,24-26,28,30-31,33,35-38H2,1-5H3,(H-,42,45,46,47)/p+1/b10-8-,16-14-,20-19-,23-22-,29-27-,34-32+. The minimum Gasteiger partial charge on any atom is -0.387 e. The molecule has 0 saturated heterocycles. The fourth-order valence-corrected chi connectivity index (χ4v) is 5.57. The first kappa shape index (κ1) is 47.9. The molecule has 0 aliphatic carbocycles. The lowest BCUT2D eigenvalue weighted by atomic mass is 10.1. The van der Waals surface area contributed by atoms with E-state index >= 15 is 0 Å². The van der Waals surface area contributed by atoms with Crippen LogP contribution in [0.4, 0.5) is 0 Å². The number of nitrogens with one attached hydrogen (secondary N) is 1. The van der Waals surface area contributed by atoms with Gasteiger partial charge in [0.05, 0.1) is 39.9 Å². The normalized spacial score (nSPS) is 15.4. The SMILES string of the molecule is CC/C=C\C/C=C\C/C=C\C/C=C\C/C=C\CCCC(=O)NC(COP(=O)(O)OCC[N+](C)(C)C)C(O)/C=C/CCCCCCCCCCC. The van der Waals surface area contributed by atoms with E-state index in [9.17, 15) is 19.4 Å². The van der Waals surface area contributed by atoms with Gasteiger partial charge in [0.15, 0.2) is 0 Å². The van der Waals surface area contributed by atoms with Crippen LogP contribution in [-0.4, -0.2) is 73.4 Å². The van der Waals surface area contributed by atoms with Gasteiger partial charge in [0, 0.05) is 6.42 Å². The van der Waals surface area contributed by atoms with E-state index in [0.29, 0.717) is 17.4 Å². The van der Waals surface area contributed by atoms with Crippen molar-refractivity contribution in [3.05, 3.63) is 72.9 Å². The van der Waals surface area contributed by atoms with Crippen LogP contribution in [0.2, 0.25) is 0 Å². The van der Waals surface area contributed by atoms with Gasteiger partial charge in [-0.2, -0.15) is 0 Å². The molecule has 8 nitrogen and oxygen atoms in total. The molecule has 0 bridgehead atoms. The molecule has 1 amide bonds. The third-order valence-electron chi connectivity index (χ3n) is 7.93. The summed E-state index contributed by atoms with van der Waals surface area (Å²) in [4.78, 5) is 23.0. The number of phosphoric acid groups is 1. The van der Waals surface area contributed by atoms with Gasteiger partial charge >= 0.3 is 7.82 Å². The highest BCUT2D eigenvalue weighted by atomic mass is 31.2. The number of nitrogens with zero attached hydrogens (tertiary/aromatic N) is 1. The molecule has 0 saturated carbocycles. The first-order chi connectivity index (χ1) is 24.0. The summed E-state index contributed by atoms with van der Waals surface area (Å²) in [5.74, 6) is -0.240. The number of hydrogen-bond acceptors (Lipinski definition) is 5. The summed E-state index contributed by atoms with van der Waals surface area (Å²) in [6.07, 6.45) is 42.6. The molecule has 0 aromatic carbocycles. The minimum atomic E-state index is -4.35. The molecule has 0 radical (unpaired) electrons. The fourth-order valence-electron chi connectivity index (χ4n) is 4.84. The topological polar surface area (TPSA) is 105 Å². The molecule has 50 heavy (non-hydrogen) atoms. The Balaban J connectivity index is 4.64. The number of hydrogen-bond donors (Lipinski definition) is 3. The lowest BCUT2D eigenvalue weighted by Crippen LogP contribution is -2.45. The highest BCUT2D eigenvalue weighted by molar-refractivity contribution is 7.47. The van der Waals surface area contributed by atoms with E-state index in [-0.39, 0.29) is 25.5 Å². The molecular weight excluding hydrogens is 647 g/mol. The summed E-state index contributed by atoms with van der Waals surface area (Å²) in [5.41, 5.74) is 0. The smallest absolute Gasteiger partial charge is 0.387 e. The van der Waals surface area contributed by atoms with E-state index in [4.69, 9.17) is 9.05 Å². The van der Waals surface area contributed by atoms with Crippen molar-refractivity contribution in [2.45, 2.75) is 142 Å². The van der Waals surface area contributed by atoms with Crippen molar-refractivity contribution in [1.29, 1.82) is 0 Å². The summed E-state index contributed by atoms with van der Waals surface area (Å²) in [5, 5.41) is 13.7. The van der Waals surface area contributed by atoms with Crippen molar-refractivity contribution >= 4 is 13.7 Å². The van der Waals surface area contributed by atoms with Crippen molar-refractivity contribution in [2.75, 3.05) is 40.9 Å². The number of carbonyl (C=O) groups is 1. The molecule has 0 aliphatic rings. The van der Waals surface area contributed by atoms with Gasteiger partial charge in [-0.05, 0) is 57.8 Å². The summed E-state index contributed by atoms with van der Waals surface area (Å²) >= 11 is 0. The van der Waals surface area contributed by atoms with Crippen molar-refractivity contribution in [3.8, 4) is 0 Å². The molecular formula is C41H74N2O6P+. The van der Waals surface area contributed by atoms with E-state index in [1.807, 2.05) is 27.2 Å². The average Bonchev–Trinajstić information content (AvgIpc) is 3.06. The van der Waals surface area contributed by atoms with Crippen LogP contribution in [0, 0.1) is 0 Å². The molecule has 3 unspecified atom stereocenters. The molecule has 3 N–H and O–H groups in total. The number of quaternary nitrogens is 1. The van der Waals surface area contributed by atoms with E-state index in [1.165, 1.54) is 44.9 Å². The lowest BCUT2D eigenvalue weighted by molar-refractivity contribution is -0.870. The highest BCUT2D eigenvalue weighted by Crippen LogP contribution is 2.43. The largest absolute Gasteiger partial charge is 0.472 e. The van der Waals surface area contributed by atoms with Crippen LogP contribution < -0.4 is 5.32 Å². The van der Waals surface area contributed by atoms with Crippen LogP contribution in [0.3, 0.4) is 0 Å². The number of rotatable bonds is 33. The van der Waals surface area contributed by atoms with Gasteiger partial charge in [0.2, 0.25) is 5.91 Å². The predicted molar refractivity (Wildman–Crippen MR) is 212 cm³/mol. The number of likely N-dealkylation sites (N-methyl/N-ethyl adjacent to an activating group) is 1. The third-order valence-corrected chi connectivity index (χ3v) is 8.92. The molecule has 9 heteroatoms. The van der Waals surface area contributed by atoms with Gasteiger partial charge in [-0.25, -0.2) is 4.57 Å². The number of amides is 1. The predicted octanol–water partition coefficient (Wildman–Crippen LogP) is 10.1. The van der Waals surface area contributed by atoms with E-state index in [2.05, 4.69) is 79.9 Å². The molecule has 0 heterocycles. The zero-order chi connectivity index (χ0) is 37.2. The zero-order valence-electron chi connectivity index (χ0n) is 32.4. The molecule has 0 aromatic heterocycles. The number of carbonyl (C=O) groups excluding carboxylic acids is 1. The van der Waals surface area contributed by atoms with Crippen LogP contribution in [0.25, 0.3) is 0 Å². The molecule has 0 rings (SSSR count). The number of aliphatic hydroxyl groups excluding tert-OH is 1. The zero-order valence-corrected chi connectivity index (χ0v) is 33.2. The fraction of sp³-hybridized carbons (Fsp3) is 0.683. The van der Waals surface area contributed by atoms with Gasteiger partial charge in [-0.3, -0.25) is 13.8 Å². The Bertz CT molecular complexity index is 1040. The second-order valence-electron chi connectivity index (χ2n) is 13.9. The summed E-state index contributed by atoms with van der Waals surface area (Å²) in [6, 6.07) is -0.877. The van der Waals surface area contributed by atoms with Gasteiger partial charge in [0.25, 0.3) is 0 Å². The van der Waals surface area contributed by atoms with Gasteiger partial charge in [-0.1, -0.05) is 138 Å².